The fourth-order valence-electron chi connectivity index (χ4n) is 1.32. The van der Waals surface area contributed by atoms with Gasteiger partial charge in [0, 0.05) is 22.6 Å². The second kappa shape index (κ2) is 6.61. The van der Waals surface area contributed by atoms with Crippen LogP contribution in [-0.2, 0) is 4.79 Å². The van der Waals surface area contributed by atoms with Crippen molar-refractivity contribution < 1.29 is 14.6 Å². The third kappa shape index (κ3) is 5.19. The summed E-state index contributed by atoms with van der Waals surface area (Å²) in [5.41, 5.74) is 0.673. The van der Waals surface area contributed by atoms with Gasteiger partial charge in [-0.05, 0) is 25.5 Å². The van der Waals surface area contributed by atoms with Crippen molar-refractivity contribution in [3.63, 3.8) is 0 Å². The lowest BCUT2D eigenvalue weighted by Crippen LogP contribution is -2.14. The standard InChI is InChI=1S/C12H16BrNO3/c1-8(15)3-4-12(16)14-10-5-9(13)6-11(7-10)17-2/h5-8,15H,3-4H2,1-2H3,(H,14,16). The smallest absolute Gasteiger partial charge is 0.224 e. The fraction of sp³-hybridized carbons (Fsp3) is 0.417. The highest BCUT2D eigenvalue weighted by atomic mass is 79.9. The minimum atomic E-state index is -0.460. The Morgan fingerprint density at radius 2 is 2.24 bits per heavy atom. The minimum Gasteiger partial charge on any atom is -0.497 e. The molecule has 2 N–H and O–H groups in total. The minimum absolute atomic E-state index is 0.119. The third-order valence-corrected chi connectivity index (χ3v) is 2.64. The number of aliphatic hydroxyl groups is 1. The van der Waals surface area contributed by atoms with Crippen LogP contribution < -0.4 is 10.1 Å². The molecule has 0 aliphatic carbocycles. The molecular weight excluding hydrogens is 286 g/mol. The Morgan fingerprint density at radius 1 is 1.53 bits per heavy atom. The molecule has 0 fully saturated rings. The molecule has 1 aromatic carbocycles. The normalized spacial score (nSPS) is 12.0. The van der Waals surface area contributed by atoms with Gasteiger partial charge < -0.3 is 15.2 Å². The quantitative estimate of drug-likeness (QED) is 0.879. The molecule has 1 rings (SSSR count). The number of rotatable bonds is 5. The Labute approximate surface area is 109 Å². The van der Waals surface area contributed by atoms with Gasteiger partial charge >= 0.3 is 0 Å². The Hall–Kier alpha value is -1.07. The lowest BCUT2D eigenvalue weighted by atomic mass is 10.2. The molecule has 94 valence electrons. The molecule has 1 aromatic rings. The molecule has 0 saturated heterocycles. The van der Waals surface area contributed by atoms with E-state index in [1.54, 1.807) is 26.2 Å². The third-order valence-electron chi connectivity index (χ3n) is 2.18. The Kier molecular flexibility index (Phi) is 5.44. The van der Waals surface area contributed by atoms with Crippen molar-refractivity contribution in [3.05, 3.63) is 22.7 Å². The monoisotopic (exact) mass is 301 g/mol. The summed E-state index contributed by atoms with van der Waals surface area (Å²) in [6.07, 6.45) is 0.293. The van der Waals surface area contributed by atoms with Crippen LogP contribution in [0.2, 0.25) is 0 Å². The van der Waals surface area contributed by atoms with E-state index in [-0.39, 0.29) is 5.91 Å². The van der Waals surface area contributed by atoms with Crippen LogP contribution in [0.3, 0.4) is 0 Å². The zero-order valence-electron chi connectivity index (χ0n) is 9.87. The number of methoxy groups -OCH3 is 1. The van der Waals surface area contributed by atoms with Crippen molar-refractivity contribution in [1.82, 2.24) is 0 Å². The van der Waals surface area contributed by atoms with Gasteiger partial charge in [0.25, 0.3) is 0 Å². The van der Waals surface area contributed by atoms with Crippen LogP contribution in [0, 0.1) is 0 Å². The summed E-state index contributed by atoms with van der Waals surface area (Å²) < 4.78 is 5.93. The average Bonchev–Trinajstić information content (AvgIpc) is 2.25. The Balaban J connectivity index is 2.61. The van der Waals surface area contributed by atoms with Gasteiger partial charge in [-0.3, -0.25) is 4.79 Å². The van der Waals surface area contributed by atoms with Crippen molar-refractivity contribution in [2.75, 3.05) is 12.4 Å². The largest absolute Gasteiger partial charge is 0.497 e. The first-order valence-corrected chi connectivity index (χ1v) is 6.13. The lowest BCUT2D eigenvalue weighted by Gasteiger charge is -2.08. The van der Waals surface area contributed by atoms with Gasteiger partial charge in [0.1, 0.15) is 5.75 Å². The molecule has 4 nitrogen and oxygen atoms in total. The van der Waals surface area contributed by atoms with Gasteiger partial charge in [0.05, 0.1) is 13.2 Å². The maximum absolute atomic E-state index is 11.5. The SMILES string of the molecule is COc1cc(Br)cc(NC(=O)CCC(C)O)c1. The molecule has 0 aromatic heterocycles. The molecule has 0 saturated carbocycles. The fourth-order valence-corrected chi connectivity index (χ4v) is 1.79. The summed E-state index contributed by atoms with van der Waals surface area (Å²) in [4.78, 5) is 11.5. The molecule has 0 heterocycles. The molecule has 0 bridgehead atoms. The molecule has 1 amide bonds. The van der Waals surface area contributed by atoms with E-state index in [0.717, 1.165) is 4.47 Å². The molecule has 17 heavy (non-hydrogen) atoms. The zero-order chi connectivity index (χ0) is 12.8. The first-order valence-electron chi connectivity index (χ1n) is 5.33. The number of anilines is 1. The topological polar surface area (TPSA) is 58.6 Å². The molecule has 5 heteroatoms. The van der Waals surface area contributed by atoms with Crippen LogP contribution in [0.15, 0.2) is 22.7 Å². The zero-order valence-corrected chi connectivity index (χ0v) is 11.5. The summed E-state index contributed by atoms with van der Waals surface area (Å²) in [5, 5.41) is 11.8. The van der Waals surface area contributed by atoms with Crippen LogP contribution in [0.5, 0.6) is 5.75 Å². The summed E-state index contributed by atoms with van der Waals surface area (Å²) in [6, 6.07) is 5.35. The number of halogens is 1. The number of benzene rings is 1. The first-order chi connectivity index (χ1) is 8.01. The van der Waals surface area contributed by atoms with Crippen LogP contribution >= 0.6 is 15.9 Å². The molecule has 0 aliphatic heterocycles. The summed E-state index contributed by atoms with van der Waals surface area (Å²) in [6.45, 7) is 1.66. The molecule has 1 unspecified atom stereocenters. The van der Waals surface area contributed by atoms with E-state index in [2.05, 4.69) is 21.2 Å². The predicted octanol–water partition coefficient (Wildman–Crippen LogP) is 2.56. The lowest BCUT2D eigenvalue weighted by molar-refractivity contribution is -0.116. The van der Waals surface area contributed by atoms with E-state index >= 15 is 0 Å². The van der Waals surface area contributed by atoms with Crippen molar-refractivity contribution in [1.29, 1.82) is 0 Å². The van der Waals surface area contributed by atoms with E-state index < -0.39 is 6.10 Å². The highest BCUT2D eigenvalue weighted by Gasteiger charge is 2.06. The number of ether oxygens (including phenoxy) is 1. The van der Waals surface area contributed by atoms with Crippen molar-refractivity contribution in [2.24, 2.45) is 0 Å². The molecule has 0 spiro atoms. The number of amides is 1. The molecule has 1 atom stereocenters. The van der Waals surface area contributed by atoms with E-state index in [1.807, 2.05) is 6.07 Å². The average molecular weight is 302 g/mol. The van der Waals surface area contributed by atoms with Gasteiger partial charge in [0.2, 0.25) is 5.91 Å². The second-order valence-corrected chi connectivity index (χ2v) is 4.73. The van der Waals surface area contributed by atoms with Crippen molar-refractivity contribution in [3.8, 4) is 5.75 Å². The van der Waals surface area contributed by atoms with Crippen LogP contribution in [0.4, 0.5) is 5.69 Å². The van der Waals surface area contributed by atoms with E-state index in [0.29, 0.717) is 24.3 Å². The van der Waals surface area contributed by atoms with Crippen LogP contribution in [-0.4, -0.2) is 24.2 Å². The Morgan fingerprint density at radius 3 is 2.82 bits per heavy atom. The van der Waals surface area contributed by atoms with Gasteiger partial charge in [-0.15, -0.1) is 0 Å². The number of hydrogen-bond acceptors (Lipinski definition) is 3. The number of carbonyl (C=O) groups excluding carboxylic acids is 1. The summed E-state index contributed by atoms with van der Waals surface area (Å²) in [7, 11) is 1.57. The van der Waals surface area contributed by atoms with Gasteiger partial charge in [-0.2, -0.15) is 0 Å². The van der Waals surface area contributed by atoms with Crippen molar-refractivity contribution >= 4 is 27.5 Å². The van der Waals surface area contributed by atoms with E-state index in [1.165, 1.54) is 0 Å². The highest BCUT2D eigenvalue weighted by Crippen LogP contribution is 2.24. The maximum Gasteiger partial charge on any atom is 0.224 e. The van der Waals surface area contributed by atoms with Gasteiger partial charge in [-0.25, -0.2) is 0 Å². The van der Waals surface area contributed by atoms with Gasteiger partial charge in [-0.1, -0.05) is 15.9 Å². The van der Waals surface area contributed by atoms with Crippen molar-refractivity contribution in [2.45, 2.75) is 25.9 Å². The van der Waals surface area contributed by atoms with Gasteiger partial charge in [0.15, 0.2) is 0 Å². The second-order valence-electron chi connectivity index (χ2n) is 3.82. The van der Waals surface area contributed by atoms with Crippen LogP contribution in [0.1, 0.15) is 19.8 Å². The number of hydrogen-bond donors (Lipinski definition) is 2. The highest BCUT2D eigenvalue weighted by molar-refractivity contribution is 9.10. The summed E-state index contributed by atoms with van der Waals surface area (Å²) >= 11 is 3.33. The first kappa shape index (κ1) is 14.0. The maximum atomic E-state index is 11.5. The molecular formula is C12H16BrNO3. The molecule has 0 aliphatic rings. The van der Waals surface area contributed by atoms with E-state index in [9.17, 15) is 4.79 Å². The summed E-state index contributed by atoms with van der Waals surface area (Å²) in [5.74, 6) is 0.552. The molecule has 0 radical (unpaired) electrons. The number of aliphatic hydroxyl groups excluding tert-OH is 1. The Bertz CT molecular complexity index is 393. The predicted molar refractivity (Wildman–Crippen MR) is 70.2 cm³/mol. The van der Waals surface area contributed by atoms with Crippen LogP contribution in [0.25, 0.3) is 0 Å². The van der Waals surface area contributed by atoms with E-state index in [4.69, 9.17) is 9.84 Å². The number of carbonyl (C=O) groups is 1. The number of nitrogens with one attached hydrogen (secondary N) is 1.